The number of halogens is 1. The minimum atomic E-state index is 0.849. The molecule has 0 aliphatic heterocycles. The third-order valence-corrected chi connectivity index (χ3v) is 4.41. The van der Waals surface area contributed by atoms with E-state index in [2.05, 4.69) is 58.8 Å². The monoisotopic (exact) mass is 351 g/mol. The Balaban J connectivity index is 1.95. The van der Waals surface area contributed by atoms with Crippen LogP contribution in [0.5, 0.6) is 5.75 Å². The molecule has 0 atom stereocenters. The van der Waals surface area contributed by atoms with E-state index < -0.39 is 0 Å². The summed E-state index contributed by atoms with van der Waals surface area (Å²) in [5, 5.41) is 0. The number of benzene rings is 2. The molecule has 2 aromatic carbocycles. The standard InChI is InChI=1S/C16H18BrNOS/c1-11-8-13(17)9-12(2)16(11)10-18-20-15-6-4-14(19-3)5-7-15/h4-9,18H,10H2,1-3H3. The largest absolute Gasteiger partial charge is 0.497 e. The molecule has 2 rings (SSSR count). The first-order valence-electron chi connectivity index (χ1n) is 6.39. The molecule has 0 heterocycles. The van der Waals surface area contributed by atoms with Gasteiger partial charge in [0.1, 0.15) is 5.75 Å². The predicted octanol–water partition coefficient (Wildman–Crippen LogP) is 4.87. The second-order valence-electron chi connectivity index (χ2n) is 4.62. The van der Waals surface area contributed by atoms with Crippen molar-refractivity contribution in [1.29, 1.82) is 0 Å². The average Bonchev–Trinajstić information content (AvgIpc) is 2.42. The van der Waals surface area contributed by atoms with E-state index >= 15 is 0 Å². The molecule has 20 heavy (non-hydrogen) atoms. The molecule has 0 aliphatic rings. The van der Waals surface area contributed by atoms with E-state index in [0.29, 0.717) is 0 Å². The van der Waals surface area contributed by atoms with Crippen molar-refractivity contribution in [3.05, 3.63) is 57.6 Å². The first-order valence-corrected chi connectivity index (χ1v) is 8.00. The van der Waals surface area contributed by atoms with Gasteiger partial charge in [-0.2, -0.15) is 0 Å². The molecule has 0 spiro atoms. The van der Waals surface area contributed by atoms with Crippen LogP contribution in [0.25, 0.3) is 0 Å². The Hall–Kier alpha value is -0.970. The number of aryl methyl sites for hydroxylation is 2. The molecule has 0 bridgehead atoms. The van der Waals surface area contributed by atoms with E-state index in [-0.39, 0.29) is 0 Å². The summed E-state index contributed by atoms with van der Waals surface area (Å²) in [5.41, 5.74) is 3.97. The second-order valence-corrected chi connectivity index (χ2v) is 6.50. The molecule has 4 heteroatoms. The van der Waals surface area contributed by atoms with Crippen LogP contribution in [0, 0.1) is 13.8 Å². The number of nitrogens with one attached hydrogen (secondary N) is 1. The number of ether oxygens (including phenoxy) is 1. The SMILES string of the molecule is COc1ccc(SNCc2c(C)cc(Br)cc2C)cc1. The molecular weight excluding hydrogens is 334 g/mol. The van der Waals surface area contributed by atoms with Gasteiger partial charge in [0, 0.05) is 15.9 Å². The van der Waals surface area contributed by atoms with E-state index in [1.807, 2.05) is 12.1 Å². The van der Waals surface area contributed by atoms with Crippen molar-refractivity contribution in [2.24, 2.45) is 0 Å². The Kier molecular flexibility index (Phi) is 5.52. The maximum absolute atomic E-state index is 5.15. The van der Waals surface area contributed by atoms with Gasteiger partial charge in [0.25, 0.3) is 0 Å². The van der Waals surface area contributed by atoms with Gasteiger partial charge >= 0.3 is 0 Å². The lowest BCUT2D eigenvalue weighted by atomic mass is 10.0. The van der Waals surface area contributed by atoms with Gasteiger partial charge < -0.3 is 4.74 Å². The third-order valence-electron chi connectivity index (χ3n) is 3.16. The molecule has 2 aromatic rings. The van der Waals surface area contributed by atoms with Gasteiger partial charge in [-0.1, -0.05) is 15.9 Å². The van der Waals surface area contributed by atoms with E-state index in [9.17, 15) is 0 Å². The number of hydrogen-bond donors (Lipinski definition) is 1. The molecule has 0 fully saturated rings. The lowest BCUT2D eigenvalue weighted by Crippen LogP contribution is -2.06. The molecular formula is C16H18BrNOS. The molecule has 106 valence electrons. The summed E-state index contributed by atoms with van der Waals surface area (Å²) in [5.74, 6) is 0.883. The maximum Gasteiger partial charge on any atom is 0.118 e. The van der Waals surface area contributed by atoms with Crippen LogP contribution in [-0.4, -0.2) is 7.11 Å². The maximum atomic E-state index is 5.15. The summed E-state index contributed by atoms with van der Waals surface area (Å²) in [6.45, 7) is 5.14. The van der Waals surface area contributed by atoms with Gasteiger partial charge in [0.2, 0.25) is 0 Å². The van der Waals surface area contributed by atoms with Crippen LogP contribution in [0.1, 0.15) is 16.7 Å². The third kappa shape index (κ3) is 4.01. The van der Waals surface area contributed by atoms with Gasteiger partial charge in [0.05, 0.1) is 7.11 Å². The minimum absolute atomic E-state index is 0.849. The number of methoxy groups -OCH3 is 1. The summed E-state index contributed by atoms with van der Waals surface area (Å²) in [6, 6.07) is 12.4. The van der Waals surface area contributed by atoms with Crippen molar-refractivity contribution in [1.82, 2.24) is 4.72 Å². The van der Waals surface area contributed by atoms with Gasteiger partial charge in [-0.3, -0.25) is 4.72 Å². The Labute approximate surface area is 133 Å². The van der Waals surface area contributed by atoms with E-state index in [1.54, 1.807) is 19.1 Å². The zero-order chi connectivity index (χ0) is 14.5. The summed E-state index contributed by atoms with van der Waals surface area (Å²) in [6.07, 6.45) is 0. The summed E-state index contributed by atoms with van der Waals surface area (Å²) < 4.78 is 9.71. The lowest BCUT2D eigenvalue weighted by Gasteiger charge is -2.11. The normalized spacial score (nSPS) is 10.6. The van der Waals surface area contributed by atoms with Gasteiger partial charge in [0.15, 0.2) is 0 Å². The molecule has 0 aromatic heterocycles. The Morgan fingerprint density at radius 3 is 2.25 bits per heavy atom. The summed E-state index contributed by atoms with van der Waals surface area (Å²) in [4.78, 5) is 1.18. The fourth-order valence-electron chi connectivity index (χ4n) is 2.05. The van der Waals surface area contributed by atoms with Gasteiger partial charge in [-0.15, -0.1) is 0 Å². The molecule has 0 aliphatic carbocycles. The zero-order valence-corrected chi connectivity index (χ0v) is 14.3. The topological polar surface area (TPSA) is 21.3 Å². The van der Waals surface area contributed by atoms with Gasteiger partial charge in [-0.05, 0) is 78.9 Å². The first kappa shape index (κ1) is 15.4. The quantitative estimate of drug-likeness (QED) is 0.776. The molecule has 0 saturated carbocycles. The molecule has 0 saturated heterocycles. The van der Waals surface area contributed by atoms with Crippen LogP contribution in [0.2, 0.25) is 0 Å². The summed E-state index contributed by atoms with van der Waals surface area (Å²) >= 11 is 5.17. The highest BCUT2D eigenvalue weighted by atomic mass is 79.9. The van der Waals surface area contributed by atoms with Crippen molar-refractivity contribution in [2.45, 2.75) is 25.3 Å². The van der Waals surface area contributed by atoms with E-state index in [1.165, 1.54) is 21.6 Å². The molecule has 0 amide bonds. The van der Waals surface area contributed by atoms with E-state index in [4.69, 9.17) is 4.74 Å². The van der Waals surface area contributed by atoms with Crippen LogP contribution in [0.3, 0.4) is 0 Å². The van der Waals surface area contributed by atoms with Crippen LogP contribution < -0.4 is 9.46 Å². The molecule has 0 unspecified atom stereocenters. The predicted molar refractivity (Wildman–Crippen MR) is 89.3 cm³/mol. The summed E-state index contributed by atoms with van der Waals surface area (Å²) in [7, 11) is 1.68. The second kappa shape index (κ2) is 7.16. The van der Waals surface area contributed by atoms with Crippen LogP contribution in [0.15, 0.2) is 45.8 Å². The van der Waals surface area contributed by atoms with E-state index in [0.717, 1.165) is 16.8 Å². The minimum Gasteiger partial charge on any atom is -0.497 e. The fourth-order valence-corrected chi connectivity index (χ4v) is 3.40. The highest BCUT2D eigenvalue weighted by Crippen LogP contribution is 2.23. The molecule has 2 nitrogen and oxygen atoms in total. The average molecular weight is 352 g/mol. The highest BCUT2D eigenvalue weighted by Gasteiger charge is 2.04. The van der Waals surface area contributed by atoms with Crippen molar-refractivity contribution in [3.8, 4) is 5.75 Å². The van der Waals surface area contributed by atoms with Crippen LogP contribution in [0.4, 0.5) is 0 Å². The smallest absolute Gasteiger partial charge is 0.118 e. The Bertz CT molecular complexity index is 561. The number of rotatable bonds is 5. The van der Waals surface area contributed by atoms with Crippen LogP contribution >= 0.6 is 27.9 Å². The molecule has 1 N–H and O–H groups in total. The van der Waals surface area contributed by atoms with Gasteiger partial charge in [-0.25, -0.2) is 0 Å². The lowest BCUT2D eigenvalue weighted by molar-refractivity contribution is 0.414. The fraction of sp³-hybridized carbons (Fsp3) is 0.250. The Morgan fingerprint density at radius 2 is 1.70 bits per heavy atom. The van der Waals surface area contributed by atoms with Crippen molar-refractivity contribution >= 4 is 27.9 Å². The molecule has 0 radical (unpaired) electrons. The Morgan fingerprint density at radius 1 is 1.10 bits per heavy atom. The zero-order valence-electron chi connectivity index (χ0n) is 11.9. The van der Waals surface area contributed by atoms with Crippen molar-refractivity contribution < 1.29 is 4.74 Å². The first-order chi connectivity index (χ1) is 9.60. The van der Waals surface area contributed by atoms with Crippen LogP contribution in [-0.2, 0) is 6.54 Å². The van der Waals surface area contributed by atoms with Crippen molar-refractivity contribution in [3.63, 3.8) is 0 Å². The number of hydrogen-bond acceptors (Lipinski definition) is 3. The van der Waals surface area contributed by atoms with Crippen molar-refractivity contribution in [2.75, 3.05) is 7.11 Å². The highest BCUT2D eigenvalue weighted by molar-refractivity contribution is 9.10.